The SMILES string of the molecule is Cc1cc[n+](C)c(-c2ccc3c(oc4ccc5ccccc5c43)c2C)c1.[2H]C([2H])([2H])c1c[n+](C)c(-c2cc3c(cc2C)oc2ccc4ccccc4c23)cc1-c1ccccc1.[2H]C([2H])([2H])c1c[n+](C)c(-c2cc3c(cc2C)oc2nc(C)c4ccccc4c23)cc1-c1ccccc1.[2H]C([2H])([2H])c1c[n+](C)c(-c2cc3c(cc2C)oc2ncc4ccccc4c23)cc1-c1ccccc1. The maximum atomic E-state index is 8.15. The third-order valence-electron chi connectivity index (χ3n) is 24.4. The molecular formula is C113H92N6O4+4. The third-order valence-corrected chi connectivity index (χ3v) is 24.4. The molecule has 0 unspecified atom stereocenters. The molecule has 123 heavy (non-hydrogen) atoms. The lowest BCUT2D eigenvalue weighted by Crippen LogP contribution is -2.31. The van der Waals surface area contributed by atoms with Gasteiger partial charge < -0.3 is 17.7 Å². The van der Waals surface area contributed by atoms with Crippen LogP contribution in [0.3, 0.4) is 0 Å². The minimum atomic E-state index is -2.23. The molecule has 0 aliphatic heterocycles. The number of aromatic nitrogens is 6. The van der Waals surface area contributed by atoms with Crippen LogP contribution in [0.5, 0.6) is 0 Å². The fourth-order valence-electron chi connectivity index (χ4n) is 18.2. The van der Waals surface area contributed by atoms with Gasteiger partial charge in [-0.25, -0.2) is 28.2 Å². The van der Waals surface area contributed by atoms with E-state index in [0.29, 0.717) is 39.2 Å². The Morgan fingerprint density at radius 1 is 0.276 bits per heavy atom. The van der Waals surface area contributed by atoms with Crippen molar-refractivity contribution in [3.63, 3.8) is 0 Å². The van der Waals surface area contributed by atoms with Crippen LogP contribution in [0.15, 0.2) is 340 Å². The van der Waals surface area contributed by atoms with Crippen LogP contribution in [0.4, 0.5) is 0 Å². The van der Waals surface area contributed by atoms with E-state index in [9.17, 15) is 0 Å². The van der Waals surface area contributed by atoms with Crippen LogP contribution in [0.25, 0.3) is 210 Å². The van der Waals surface area contributed by atoms with Crippen LogP contribution >= 0.6 is 0 Å². The lowest BCUT2D eigenvalue weighted by molar-refractivity contribution is -0.660. The Labute approximate surface area is 726 Å². The smallest absolute Gasteiger partial charge is 0.228 e. The highest BCUT2D eigenvalue weighted by atomic mass is 16.3. The van der Waals surface area contributed by atoms with Crippen molar-refractivity contribution in [1.82, 2.24) is 9.97 Å². The summed E-state index contributed by atoms with van der Waals surface area (Å²) in [6, 6.07) is 98.2. The molecule has 0 saturated carbocycles. The van der Waals surface area contributed by atoms with E-state index < -0.39 is 20.6 Å². The highest BCUT2D eigenvalue weighted by molar-refractivity contribution is 6.23. The number of pyridine rings is 6. The van der Waals surface area contributed by atoms with Crippen LogP contribution in [0.2, 0.25) is 0 Å². The van der Waals surface area contributed by atoms with Gasteiger partial charge in [0, 0.05) is 137 Å². The monoisotopic (exact) mass is 1610 g/mol. The van der Waals surface area contributed by atoms with E-state index in [1.54, 1.807) is 18.6 Å². The fraction of sp³-hybridized carbons (Fsp3) is 0.115. The van der Waals surface area contributed by atoms with Crippen LogP contribution in [0.1, 0.15) is 62.5 Å². The molecule has 594 valence electrons. The summed E-state index contributed by atoms with van der Waals surface area (Å²) in [6.07, 6.45) is 9.17. The molecule has 0 amide bonds. The Morgan fingerprint density at radius 3 is 1.17 bits per heavy atom. The summed E-state index contributed by atoms with van der Waals surface area (Å²) in [7, 11) is 7.79. The van der Waals surface area contributed by atoms with Gasteiger partial charge in [-0.1, -0.05) is 200 Å². The highest BCUT2D eigenvalue weighted by Gasteiger charge is 2.27. The fourth-order valence-corrected chi connectivity index (χ4v) is 18.2. The summed E-state index contributed by atoms with van der Waals surface area (Å²) >= 11 is 0. The minimum absolute atomic E-state index is 0.331. The van der Waals surface area contributed by atoms with Crippen molar-refractivity contribution < 1.29 is 48.3 Å². The third kappa shape index (κ3) is 13.6. The quantitative estimate of drug-likeness (QED) is 0.148. The normalized spacial score (nSPS) is 13.0. The Balaban J connectivity index is 0.000000110. The molecule has 0 saturated heterocycles. The van der Waals surface area contributed by atoms with Gasteiger partial charge in [0.05, 0.1) is 16.3 Å². The van der Waals surface area contributed by atoms with Crippen molar-refractivity contribution in [3.8, 4) is 78.4 Å². The molecule has 10 heteroatoms. The molecule has 0 fully saturated rings. The molecule has 0 N–H and O–H groups in total. The maximum absolute atomic E-state index is 8.15. The molecule has 0 spiro atoms. The van der Waals surface area contributed by atoms with Gasteiger partial charge in [0.15, 0.2) is 24.8 Å². The molecule has 23 aromatic rings. The van der Waals surface area contributed by atoms with Gasteiger partial charge in [-0.3, -0.25) is 0 Å². The van der Waals surface area contributed by atoms with Gasteiger partial charge in [0.1, 0.15) is 61.7 Å². The van der Waals surface area contributed by atoms with E-state index in [1.807, 2.05) is 207 Å². The first-order chi connectivity index (χ1) is 63.5. The molecule has 0 aliphatic rings. The average molecular weight is 1610 g/mol. The number of hydrogen-bond donors (Lipinski definition) is 0. The number of furan rings is 4. The summed E-state index contributed by atoms with van der Waals surface area (Å²) in [5.74, 6) is 0. The first-order valence-corrected chi connectivity index (χ1v) is 41.4. The van der Waals surface area contributed by atoms with Crippen LogP contribution in [-0.4, -0.2) is 9.97 Å². The van der Waals surface area contributed by atoms with Crippen molar-refractivity contribution in [2.24, 2.45) is 28.2 Å². The number of rotatable bonds is 7. The first kappa shape index (κ1) is 66.9. The molecule has 0 radical (unpaired) electrons. The second-order valence-corrected chi connectivity index (χ2v) is 32.4. The standard InChI is InChI=1S/C30H25N2O.C30H24NO.C29H23N2O.C24H20NO/c1-18-14-28-26(29-23-13-9-8-12-22(23)20(3)31-30(29)33-28)15-25(18)27-16-24(19(2)17-32(27)4)21-10-6-5-7-11-21;1-19-15-29-26(30-23-12-8-7-11-22(23)13-14-28(30)32-29)16-25(19)27-17-24(20(2)18-31(27)3)21-9-5-4-6-10-21;1-18-13-27-25(28-22-12-8-7-11-21(22)16-30-29(28)32-27)14-24(18)26-15-23(19(2)17-31(26)3)20-9-5-4-6-10-20;1-15-12-13-25(3)21(14-15)18-9-10-20-23-19-7-5-4-6-17(19)8-11-22(23)26-24(20)16(18)2/h5-17H,1-4H3;4-18H,1-3H3;4-17H,1-3H3;4-14H,1-3H3/q4*+1/i3*2D3;. The molecule has 13 aromatic carbocycles. The predicted octanol–water partition coefficient (Wildman–Crippen LogP) is 27.5. The molecule has 10 heterocycles. The Hall–Kier alpha value is -15.0. The van der Waals surface area contributed by atoms with Crippen LogP contribution in [0, 0.1) is 62.1 Å². The topological polar surface area (TPSA) is 93.9 Å². The summed E-state index contributed by atoms with van der Waals surface area (Å²) in [4.78, 5) is 9.30. The van der Waals surface area contributed by atoms with Gasteiger partial charge in [-0.05, 0) is 211 Å². The van der Waals surface area contributed by atoms with E-state index >= 15 is 0 Å². The first-order valence-electron chi connectivity index (χ1n) is 45.9. The summed E-state index contributed by atoms with van der Waals surface area (Å²) in [5.41, 5.74) is 27.1. The van der Waals surface area contributed by atoms with Gasteiger partial charge in [-0.15, -0.1) is 0 Å². The number of fused-ring (bicyclic) bond motifs is 20. The Morgan fingerprint density at radius 2 is 0.675 bits per heavy atom. The number of aryl methyl sites for hydroxylation is 13. The van der Waals surface area contributed by atoms with E-state index in [0.717, 1.165) is 171 Å². The lowest BCUT2D eigenvalue weighted by Gasteiger charge is -2.10. The van der Waals surface area contributed by atoms with Gasteiger partial charge in [0.25, 0.3) is 0 Å². The molecule has 23 rings (SSSR count). The number of hydrogen-bond acceptors (Lipinski definition) is 6. The van der Waals surface area contributed by atoms with E-state index in [-0.39, 0.29) is 0 Å². The zero-order valence-electron chi connectivity index (χ0n) is 78.9. The molecule has 10 nitrogen and oxygen atoms in total. The summed E-state index contributed by atoms with van der Waals surface area (Å²) in [6.45, 7) is 5.78. The van der Waals surface area contributed by atoms with Crippen LogP contribution in [-0.2, 0) is 28.2 Å². The molecular weight excluding hydrogens is 1510 g/mol. The average Bonchev–Trinajstić information content (AvgIpc) is 1.55. The summed E-state index contributed by atoms with van der Waals surface area (Å²) in [5, 5.41) is 17.7. The zero-order chi connectivity index (χ0) is 91.7. The Bertz CT molecular complexity index is 8350. The second-order valence-electron chi connectivity index (χ2n) is 32.4. The Kier molecular flexibility index (Phi) is 16.8. The molecule has 0 bridgehead atoms. The van der Waals surface area contributed by atoms with Crippen molar-refractivity contribution >= 4 is 131 Å². The molecule has 0 atom stereocenters. The van der Waals surface area contributed by atoms with Crippen LogP contribution < -0.4 is 18.3 Å². The van der Waals surface area contributed by atoms with Crippen molar-refractivity contribution in [2.75, 3.05) is 0 Å². The van der Waals surface area contributed by atoms with Crippen molar-refractivity contribution in [3.05, 3.63) is 372 Å². The number of benzene rings is 13. The van der Waals surface area contributed by atoms with Crippen molar-refractivity contribution in [2.45, 2.75) is 62.1 Å². The van der Waals surface area contributed by atoms with Crippen molar-refractivity contribution in [1.29, 1.82) is 0 Å². The number of nitrogens with zero attached hydrogens (tertiary/aromatic N) is 6. The highest BCUT2D eigenvalue weighted by Crippen LogP contribution is 2.45. The van der Waals surface area contributed by atoms with E-state index in [4.69, 9.17) is 35.0 Å². The molecule has 10 aromatic heterocycles. The van der Waals surface area contributed by atoms with Gasteiger partial charge in [0.2, 0.25) is 34.2 Å². The maximum Gasteiger partial charge on any atom is 0.228 e. The molecule has 0 aliphatic carbocycles. The largest absolute Gasteiger partial charge is 0.456 e. The zero-order valence-corrected chi connectivity index (χ0v) is 69.9. The van der Waals surface area contributed by atoms with Gasteiger partial charge >= 0.3 is 0 Å². The predicted molar refractivity (Wildman–Crippen MR) is 506 cm³/mol. The minimum Gasteiger partial charge on any atom is -0.456 e. The lowest BCUT2D eigenvalue weighted by atomic mass is 9.95. The van der Waals surface area contributed by atoms with E-state index in [2.05, 4.69) is 190 Å². The summed E-state index contributed by atoms with van der Waals surface area (Å²) < 4.78 is 106. The van der Waals surface area contributed by atoms with Gasteiger partial charge in [-0.2, -0.15) is 0 Å². The van der Waals surface area contributed by atoms with E-state index in [1.165, 1.54) is 49.3 Å². The second kappa shape index (κ2) is 31.0.